The molecule has 0 amide bonds. The van der Waals surface area contributed by atoms with Crippen molar-refractivity contribution < 1.29 is 9.53 Å². The molecule has 0 aromatic carbocycles. The lowest BCUT2D eigenvalue weighted by molar-refractivity contribution is -0.144. The molecule has 0 aromatic heterocycles. The number of esters is 1. The molecule has 0 aromatic rings. The second-order valence-corrected chi connectivity index (χ2v) is 6.18. The highest BCUT2D eigenvalue weighted by molar-refractivity contribution is 5.69. The van der Waals surface area contributed by atoms with E-state index in [-0.39, 0.29) is 5.97 Å². The van der Waals surface area contributed by atoms with Gasteiger partial charge in [-0.15, -0.1) is 0 Å². The van der Waals surface area contributed by atoms with Gasteiger partial charge in [-0.2, -0.15) is 0 Å². The van der Waals surface area contributed by atoms with E-state index >= 15 is 0 Å². The van der Waals surface area contributed by atoms with E-state index in [1.807, 2.05) is 0 Å². The van der Waals surface area contributed by atoms with Crippen LogP contribution < -0.4 is 0 Å². The van der Waals surface area contributed by atoms with E-state index in [1.54, 1.807) is 0 Å². The normalized spacial score (nSPS) is 27.1. The van der Waals surface area contributed by atoms with Gasteiger partial charge in [-0.1, -0.05) is 51.2 Å². The van der Waals surface area contributed by atoms with Crippen LogP contribution in [0.2, 0.25) is 0 Å². The third-order valence-electron chi connectivity index (χ3n) is 4.12. The minimum absolute atomic E-state index is 0.00166. The summed E-state index contributed by atoms with van der Waals surface area (Å²) in [6, 6.07) is 0. The van der Waals surface area contributed by atoms with Crippen molar-refractivity contribution in [2.45, 2.75) is 84.0 Å². The van der Waals surface area contributed by atoms with Crippen LogP contribution in [0.4, 0.5) is 0 Å². The number of ether oxygens (including phenoxy) is 1. The number of rotatable bonds is 0. The molecule has 1 atom stereocenters. The Hall–Kier alpha value is -0.790. The molecule has 2 heteroatoms. The van der Waals surface area contributed by atoms with E-state index in [1.165, 1.54) is 51.4 Å². The summed E-state index contributed by atoms with van der Waals surface area (Å²) in [5.41, 5.74) is 0. The Morgan fingerprint density at radius 1 is 0.900 bits per heavy atom. The van der Waals surface area contributed by atoms with Crippen LogP contribution in [0, 0.1) is 5.92 Å². The van der Waals surface area contributed by atoms with Gasteiger partial charge < -0.3 is 4.74 Å². The molecule has 0 N–H and O–H groups in total. The standard InChI is InChI=1S/C18H32O2/c1-17-13-11-9-7-5-3-2-4-6-8-10-12-14-18(19)20-16-15-17/h7,9,17H,2-6,8,10-16H2,1H3/b9-7+. The first-order valence-electron chi connectivity index (χ1n) is 8.59. The Labute approximate surface area is 125 Å². The topological polar surface area (TPSA) is 26.3 Å². The fraction of sp³-hybridized carbons (Fsp3) is 0.833. The maximum absolute atomic E-state index is 11.5. The monoisotopic (exact) mass is 280 g/mol. The zero-order chi connectivity index (χ0) is 14.5. The maximum atomic E-state index is 11.5. The summed E-state index contributed by atoms with van der Waals surface area (Å²) in [6.07, 6.45) is 18.7. The van der Waals surface area contributed by atoms with Gasteiger partial charge in [-0.3, -0.25) is 4.79 Å². The van der Waals surface area contributed by atoms with E-state index < -0.39 is 0 Å². The van der Waals surface area contributed by atoms with Crippen LogP contribution in [0.25, 0.3) is 0 Å². The van der Waals surface area contributed by atoms with Gasteiger partial charge in [0.25, 0.3) is 0 Å². The van der Waals surface area contributed by atoms with Gasteiger partial charge in [0.05, 0.1) is 6.61 Å². The summed E-state index contributed by atoms with van der Waals surface area (Å²) in [7, 11) is 0. The van der Waals surface area contributed by atoms with Gasteiger partial charge in [0.1, 0.15) is 0 Å². The number of hydrogen-bond donors (Lipinski definition) is 0. The molecule has 1 unspecified atom stereocenters. The molecule has 1 rings (SSSR count). The molecule has 2 nitrogen and oxygen atoms in total. The highest BCUT2D eigenvalue weighted by Crippen LogP contribution is 2.14. The van der Waals surface area contributed by atoms with Crippen molar-refractivity contribution in [1.82, 2.24) is 0 Å². The van der Waals surface area contributed by atoms with E-state index in [4.69, 9.17) is 4.74 Å². The van der Waals surface area contributed by atoms with Crippen molar-refractivity contribution >= 4 is 5.97 Å². The van der Waals surface area contributed by atoms with Crippen molar-refractivity contribution in [1.29, 1.82) is 0 Å². The molecule has 0 spiro atoms. The predicted molar refractivity (Wildman–Crippen MR) is 84.7 cm³/mol. The second-order valence-electron chi connectivity index (χ2n) is 6.18. The van der Waals surface area contributed by atoms with Crippen LogP contribution >= 0.6 is 0 Å². The van der Waals surface area contributed by atoms with E-state index in [0.717, 1.165) is 19.3 Å². The highest BCUT2D eigenvalue weighted by Gasteiger charge is 2.05. The summed E-state index contributed by atoms with van der Waals surface area (Å²) in [4.78, 5) is 11.5. The fourth-order valence-corrected chi connectivity index (χ4v) is 2.62. The number of hydrogen-bond acceptors (Lipinski definition) is 2. The third-order valence-corrected chi connectivity index (χ3v) is 4.12. The molecule has 116 valence electrons. The van der Waals surface area contributed by atoms with Gasteiger partial charge in [0.15, 0.2) is 0 Å². The van der Waals surface area contributed by atoms with Crippen LogP contribution in [0.5, 0.6) is 0 Å². The molecule has 0 radical (unpaired) electrons. The van der Waals surface area contributed by atoms with Crippen LogP contribution in [-0.2, 0) is 9.53 Å². The lowest BCUT2D eigenvalue weighted by Crippen LogP contribution is -2.08. The van der Waals surface area contributed by atoms with Crippen molar-refractivity contribution in [3.8, 4) is 0 Å². The van der Waals surface area contributed by atoms with Crippen LogP contribution in [0.3, 0.4) is 0 Å². The van der Waals surface area contributed by atoms with Gasteiger partial charge in [-0.05, 0) is 44.4 Å². The van der Waals surface area contributed by atoms with E-state index in [0.29, 0.717) is 18.9 Å². The first-order valence-corrected chi connectivity index (χ1v) is 8.59. The van der Waals surface area contributed by atoms with Crippen molar-refractivity contribution in [3.63, 3.8) is 0 Å². The summed E-state index contributed by atoms with van der Waals surface area (Å²) in [6.45, 7) is 2.85. The van der Waals surface area contributed by atoms with Crippen LogP contribution in [0.1, 0.15) is 84.0 Å². The molecule has 0 saturated heterocycles. The average Bonchev–Trinajstić information content (AvgIpc) is 2.43. The zero-order valence-electron chi connectivity index (χ0n) is 13.2. The quantitative estimate of drug-likeness (QED) is 0.437. The first kappa shape index (κ1) is 17.3. The van der Waals surface area contributed by atoms with E-state index in [9.17, 15) is 4.79 Å². The molecule has 0 bridgehead atoms. The Morgan fingerprint density at radius 2 is 1.55 bits per heavy atom. The number of allylic oxidation sites excluding steroid dienone is 2. The second kappa shape index (κ2) is 12.0. The van der Waals surface area contributed by atoms with E-state index in [2.05, 4.69) is 19.1 Å². The summed E-state index contributed by atoms with van der Waals surface area (Å²) in [5, 5.41) is 0. The van der Waals surface area contributed by atoms with Gasteiger partial charge in [0.2, 0.25) is 0 Å². The molecule has 0 fully saturated rings. The summed E-state index contributed by atoms with van der Waals surface area (Å²) < 4.78 is 5.30. The highest BCUT2D eigenvalue weighted by atomic mass is 16.5. The fourth-order valence-electron chi connectivity index (χ4n) is 2.62. The minimum atomic E-state index is -0.00166. The summed E-state index contributed by atoms with van der Waals surface area (Å²) >= 11 is 0. The molecule has 0 saturated carbocycles. The zero-order valence-corrected chi connectivity index (χ0v) is 13.2. The Morgan fingerprint density at radius 3 is 2.35 bits per heavy atom. The Balaban J connectivity index is 2.25. The molecule has 20 heavy (non-hydrogen) atoms. The molecule has 0 aliphatic carbocycles. The lowest BCUT2D eigenvalue weighted by atomic mass is 10.0. The molecule has 1 aliphatic rings. The lowest BCUT2D eigenvalue weighted by Gasteiger charge is -2.10. The summed E-state index contributed by atoms with van der Waals surface area (Å²) in [5.74, 6) is 0.643. The Bertz CT molecular complexity index is 271. The maximum Gasteiger partial charge on any atom is 0.305 e. The number of carbonyl (C=O) groups excluding carboxylic acids is 1. The number of carbonyl (C=O) groups is 1. The van der Waals surface area contributed by atoms with Crippen molar-refractivity contribution in [2.75, 3.05) is 6.61 Å². The first-order chi connectivity index (χ1) is 9.79. The molecule has 1 aliphatic heterocycles. The smallest absolute Gasteiger partial charge is 0.305 e. The van der Waals surface area contributed by atoms with Gasteiger partial charge in [0, 0.05) is 6.42 Å². The minimum Gasteiger partial charge on any atom is -0.466 e. The van der Waals surface area contributed by atoms with Gasteiger partial charge >= 0.3 is 5.97 Å². The molecular weight excluding hydrogens is 248 g/mol. The third kappa shape index (κ3) is 10.1. The van der Waals surface area contributed by atoms with Crippen LogP contribution in [-0.4, -0.2) is 12.6 Å². The number of cyclic esters (lactones) is 1. The van der Waals surface area contributed by atoms with Gasteiger partial charge in [-0.25, -0.2) is 0 Å². The average molecular weight is 280 g/mol. The van der Waals surface area contributed by atoms with Crippen LogP contribution in [0.15, 0.2) is 12.2 Å². The predicted octanol–water partition coefficient (Wildman–Crippen LogP) is 5.42. The van der Waals surface area contributed by atoms with Crippen molar-refractivity contribution in [3.05, 3.63) is 12.2 Å². The molecular formula is C18H32O2. The largest absolute Gasteiger partial charge is 0.466 e. The SMILES string of the molecule is CC1CC/C=C/CCCCCCCCCC(=O)OCC1. The Kier molecular flexibility index (Phi) is 10.3. The molecule has 1 heterocycles. The van der Waals surface area contributed by atoms with Crippen molar-refractivity contribution in [2.24, 2.45) is 5.92 Å².